The Morgan fingerprint density at radius 2 is 1.64 bits per heavy atom. The number of hydrogen-bond acceptors (Lipinski definition) is 6. The summed E-state index contributed by atoms with van der Waals surface area (Å²) in [5.41, 5.74) is 1.49. The van der Waals surface area contributed by atoms with E-state index in [2.05, 4.69) is 6.92 Å². The van der Waals surface area contributed by atoms with Gasteiger partial charge < -0.3 is 14.4 Å². The van der Waals surface area contributed by atoms with Crippen LogP contribution in [0.4, 0.5) is 4.79 Å². The zero-order valence-corrected chi connectivity index (χ0v) is 21.2. The summed E-state index contributed by atoms with van der Waals surface area (Å²) in [6.45, 7) is 3.13. The Morgan fingerprint density at radius 1 is 0.972 bits per heavy atom. The lowest BCUT2D eigenvalue weighted by atomic mass is 10.1. The minimum Gasteiger partial charge on any atom is -0.490 e. The number of benzene rings is 2. The van der Waals surface area contributed by atoms with Gasteiger partial charge in [-0.2, -0.15) is 0 Å². The van der Waals surface area contributed by atoms with Crippen molar-refractivity contribution in [1.29, 1.82) is 0 Å². The van der Waals surface area contributed by atoms with Crippen LogP contribution in [0.1, 0.15) is 31.7 Å². The van der Waals surface area contributed by atoms with Gasteiger partial charge in [-0.15, -0.1) is 0 Å². The SMILES string of the molecule is CCCc1ccc(OC(=O)N2CCC(Oc3ccn(-c4ccc(S(C)(=O)=O)cc4)c(=O)c3)CC2)cc1. The van der Waals surface area contributed by atoms with E-state index in [0.29, 0.717) is 43.1 Å². The van der Waals surface area contributed by atoms with Crippen LogP contribution in [0.3, 0.4) is 0 Å². The Kier molecular flexibility index (Phi) is 7.79. The van der Waals surface area contributed by atoms with E-state index in [1.165, 1.54) is 28.3 Å². The molecule has 0 spiro atoms. The van der Waals surface area contributed by atoms with Gasteiger partial charge in [-0.3, -0.25) is 9.36 Å². The smallest absolute Gasteiger partial charge is 0.415 e. The van der Waals surface area contributed by atoms with E-state index in [-0.39, 0.29) is 22.7 Å². The molecule has 1 aliphatic rings. The molecule has 1 amide bonds. The Morgan fingerprint density at radius 3 is 2.22 bits per heavy atom. The molecule has 0 bridgehead atoms. The molecule has 0 radical (unpaired) electrons. The van der Waals surface area contributed by atoms with Crippen molar-refractivity contribution in [1.82, 2.24) is 9.47 Å². The van der Waals surface area contributed by atoms with E-state index in [0.717, 1.165) is 19.1 Å². The maximum absolute atomic E-state index is 12.6. The van der Waals surface area contributed by atoms with E-state index in [9.17, 15) is 18.0 Å². The van der Waals surface area contributed by atoms with Crippen molar-refractivity contribution in [2.75, 3.05) is 19.3 Å². The largest absolute Gasteiger partial charge is 0.490 e. The molecular formula is C27H30N2O6S. The summed E-state index contributed by atoms with van der Waals surface area (Å²) in [4.78, 5) is 27.0. The van der Waals surface area contributed by atoms with Gasteiger partial charge in [-0.05, 0) is 54.4 Å². The molecule has 3 aromatic rings. The highest BCUT2D eigenvalue weighted by atomic mass is 32.2. The third-order valence-corrected chi connectivity index (χ3v) is 7.23. The molecule has 0 saturated carbocycles. The molecule has 8 nitrogen and oxygen atoms in total. The first-order valence-corrected chi connectivity index (χ1v) is 13.9. The number of carbonyl (C=O) groups is 1. The fraction of sp³-hybridized carbons (Fsp3) is 0.333. The molecule has 4 rings (SSSR count). The molecule has 9 heteroatoms. The summed E-state index contributed by atoms with van der Waals surface area (Å²) < 4.78 is 36.2. The molecule has 36 heavy (non-hydrogen) atoms. The van der Waals surface area contributed by atoms with Gasteiger partial charge in [-0.1, -0.05) is 25.5 Å². The maximum Gasteiger partial charge on any atom is 0.415 e. The number of rotatable bonds is 7. The van der Waals surface area contributed by atoms with Crippen LogP contribution in [0, 0.1) is 0 Å². The Bertz CT molecular complexity index is 1360. The molecule has 190 valence electrons. The number of pyridine rings is 1. The number of piperidine rings is 1. The molecular weight excluding hydrogens is 480 g/mol. The lowest BCUT2D eigenvalue weighted by Crippen LogP contribution is -2.43. The van der Waals surface area contributed by atoms with Crippen LogP contribution in [0.5, 0.6) is 11.5 Å². The van der Waals surface area contributed by atoms with E-state index < -0.39 is 9.84 Å². The normalized spacial score (nSPS) is 14.4. The fourth-order valence-electron chi connectivity index (χ4n) is 4.13. The Balaban J connectivity index is 1.30. The summed E-state index contributed by atoms with van der Waals surface area (Å²) in [5, 5.41) is 0. The highest BCUT2D eigenvalue weighted by Crippen LogP contribution is 2.21. The third-order valence-electron chi connectivity index (χ3n) is 6.10. The van der Waals surface area contributed by atoms with Crippen molar-refractivity contribution in [2.45, 2.75) is 43.6 Å². The quantitative estimate of drug-likeness (QED) is 0.472. The van der Waals surface area contributed by atoms with Crippen LogP contribution >= 0.6 is 0 Å². The van der Waals surface area contributed by atoms with Gasteiger partial charge in [0, 0.05) is 50.1 Å². The second kappa shape index (κ2) is 11.0. The van der Waals surface area contributed by atoms with Gasteiger partial charge in [0.05, 0.1) is 4.90 Å². The van der Waals surface area contributed by atoms with Gasteiger partial charge in [0.25, 0.3) is 5.56 Å². The van der Waals surface area contributed by atoms with Crippen LogP contribution < -0.4 is 15.0 Å². The van der Waals surface area contributed by atoms with E-state index >= 15 is 0 Å². The molecule has 1 aromatic heterocycles. The highest BCUT2D eigenvalue weighted by Gasteiger charge is 2.25. The minimum absolute atomic E-state index is 0.119. The van der Waals surface area contributed by atoms with Crippen molar-refractivity contribution in [2.24, 2.45) is 0 Å². The number of aryl methyl sites for hydroxylation is 1. The summed E-state index contributed by atoms with van der Waals surface area (Å²) in [6.07, 6.45) is 5.56. The molecule has 0 N–H and O–H groups in total. The number of nitrogens with zero attached hydrogens (tertiary/aromatic N) is 2. The van der Waals surface area contributed by atoms with Gasteiger partial charge in [0.1, 0.15) is 17.6 Å². The maximum atomic E-state index is 12.6. The van der Waals surface area contributed by atoms with Gasteiger partial charge in [-0.25, -0.2) is 13.2 Å². The van der Waals surface area contributed by atoms with Crippen molar-refractivity contribution in [3.8, 4) is 17.2 Å². The van der Waals surface area contributed by atoms with E-state index in [1.807, 2.05) is 24.3 Å². The number of sulfone groups is 1. The minimum atomic E-state index is -3.30. The highest BCUT2D eigenvalue weighted by molar-refractivity contribution is 7.90. The average Bonchev–Trinajstić information content (AvgIpc) is 2.85. The summed E-state index contributed by atoms with van der Waals surface area (Å²) in [7, 11) is -3.30. The second-order valence-electron chi connectivity index (χ2n) is 8.90. The first kappa shape index (κ1) is 25.5. The number of hydrogen-bond donors (Lipinski definition) is 0. The fourth-order valence-corrected chi connectivity index (χ4v) is 4.76. The predicted octanol–water partition coefficient (Wildman–Crippen LogP) is 4.24. The number of ether oxygens (including phenoxy) is 2. The number of carbonyl (C=O) groups excluding carboxylic acids is 1. The average molecular weight is 511 g/mol. The molecule has 0 aliphatic carbocycles. The van der Waals surface area contributed by atoms with Crippen LogP contribution in [0.15, 0.2) is 76.6 Å². The molecule has 1 aliphatic heterocycles. The predicted molar refractivity (Wildman–Crippen MR) is 137 cm³/mol. The van der Waals surface area contributed by atoms with Crippen molar-refractivity contribution < 1.29 is 22.7 Å². The van der Waals surface area contributed by atoms with Crippen LogP contribution in [-0.2, 0) is 16.3 Å². The summed E-state index contributed by atoms with van der Waals surface area (Å²) >= 11 is 0. The number of amides is 1. The summed E-state index contributed by atoms with van der Waals surface area (Å²) in [6, 6.07) is 16.8. The third kappa shape index (κ3) is 6.34. The summed E-state index contributed by atoms with van der Waals surface area (Å²) in [5.74, 6) is 0.988. The lowest BCUT2D eigenvalue weighted by molar-refractivity contribution is 0.0929. The first-order chi connectivity index (χ1) is 17.2. The van der Waals surface area contributed by atoms with E-state index in [1.54, 1.807) is 29.3 Å². The number of aromatic nitrogens is 1. The Hall–Kier alpha value is -3.59. The van der Waals surface area contributed by atoms with Crippen LogP contribution in [-0.4, -0.2) is 49.4 Å². The second-order valence-corrected chi connectivity index (χ2v) is 10.9. The topological polar surface area (TPSA) is 94.9 Å². The van der Waals surface area contributed by atoms with Gasteiger partial charge >= 0.3 is 6.09 Å². The zero-order valence-electron chi connectivity index (χ0n) is 20.4. The van der Waals surface area contributed by atoms with Crippen LogP contribution in [0.2, 0.25) is 0 Å². The molecule has 1 saturated heterocycles. The van der Waals surface area contributed by atoms with E-state index in [4.69, 9.17) is 9.47 Å². The molecule has 2 aromatic carbocycles. The van der Waals surface area contributed by atoms with Gasteiger partial charge in [0.15, 0.2) is 9.84 Å². The molecule has 2 heterocycles. The first-order valence-electron chi connectivity index (χ1n) is 12.0. The number of likely N-dealkylation sites (tertiary alicyclic amines) is 1. The molecule has 1 fully saturated rings. The zero-order chi connectivity index (χ0) is 25.7. The lowest BCUT2D eigenvalue weighted by Gasteiger charge is -2.31. The van der Waals surface area contributed by atoms with Crippen molar-refractivity contribution in [3.05, 3.63) is 82.8 Å². The standard InChI is InChI=1S/C27H30N2O6S/c1-3-4-20-5-9-22(10-6-20)35-27(31)28-16-13-23(14-17-28)34-24-15-18-29(26(30)19-24)21-7-11-25(12-8-21)36(2,32)33/h5-12,15,18-19,23H,3-4,13-14,16-17H2,1-2H3. The molecule has 0 unspecified atom stereocenters. The monoisotopic (exact) mass is 510 g/mol. The van der Waals surface area contributed by atoms with Crippen molar-refractivity contribution in [3.63, 3.8) is 0 Å². The van der Waals surface area contributed by atoms with Crippen LogP contribution in [0.25, 0.3) is 5.69 Å². The Labute approximate surface area is 211 Å². The molecule has 0 atom stereocenters. The van der Waals surface area contributed by atoms with Crippen molar-refractivity contribution >= 4 is 15.9 Å². The van der Waals surface area contributed by atoms with Gasteiger partial charge in [0.2, 0.25) is 0 Å².